The van der Waals surface area contributed by atoms with Crippen LogP contribution in [0.4, 0.5) is 11.4 Å². The molecule has 1 aliphatic carbocycles. The van der Waals surface area contributed by atoms with E-state index in [0.29, 0.717) is 17.2 Å². The molecular weight excluding hydrogens is 386 g/mol. The molecule has 1 aliphatic heterocycles. The first-order valence-electron chi connectivity index (χ1n) is 10.1. The first-order valence-corrected chi connectivity index (χ1v) is 10.1. The summed E-state index contributed by atoms with van der Waals surface area (Å²) in [4.78, 5) is 25.7. The van der Waals surface area contributed by atoms with Gasteiger partial charge in [0.25, 0.3) is 5.91 Å². The number of benzene rings is 2. The van der Waals surface area contributed by atoms with Gasteiger partial charge in [-0.25, -0.2) is 0 Å². The van der Waals surface area contributed by atoms with Gasteiger partial charge in [-0.2, -0.15) is 0 Å². The van der Waals surface area contributed by atoms with Gasteiger partial charge in [-0.1, -0.05) is 37.1 Å². The average Bonchev–Trinajstić information content (AvgIpc) is 3.17. The number of nitrogens with one attached hydrogen (secondary N) is 3. The van der Waals surface area contributed by atoms with Crippen molar-refractivity contribution in [3.05, 3.63) is 59.7 Å². The molecule has 0 spiro atoms. The third-order valence-corrected chi connectivity index (χ3v) is 6.36. The molecule has 2 aliphatic rings. The predicted molar refractivity (Wildman–Crippen MR) is 119 cm³/mol. The van der Waals surface area contributed by atoms with Crippen LogP contribution in [0, 0.1) is 18.3 Å². The van der Waals surface area contributed by atoms with Crippen molar-refractivity contribution in [2.75, 3.05) is 23.7 Å². The van der Waals surface area contributed by atoms with E-state index >= 15 is 0 Å². The molecule has 2 aromatic rings. The van der Waals surface area contributed by atoms with Gasteiger partial charge in [-0.05, 0) is 62.1 Å². The minimum absolute atomic E-state index is 0. The van der Waals surface area contributed by atoms with Crippen LogP contribution in [0.2, 0.25) is 0 Å². The molecule has 4 rings (SSSR count). The quantitative estimate of drug-likeness (QED) is 0.696. The maximum Gasteiger partial charge on any atom is 0.255 e. The molecular formula is C23H28ClN3O2. The van der Waals surface area contributed by atoms with Gasteiger partial charge in [-0.3, -0.25) is 9.59 Å². The Morgan fingerprint density at radius 3 is 2.48 bits per heavy atom. The number of hydrogen-bond donors (Lipinski definition) is 3. The van der Waals surface area contributed by atoms with Gasteiger partial charge < -0.3 is 16.0 Å². The minimum atomic E-state index is -0.298. The molecule has 0 unspecified atom stereocenters. The van der Waals surface area contributed by atoms with Crippen LogP contribution in [-0.2, 0) is 4.79 Å². The molecule has 2 atom stereocenters. The number of fused-ring (bicyclic) bond motifs is 1. The van der Waals surface area contributed by atoms with Crippen LogP contribution in [0.25, 0.3) is 0 Å². The third kappa shape index (κ3) is 4.16. The Morgan fingerprint density at radius 1 is 1.00 bits per heavy atom. The number of halogens is 1. The topological polar surface area (TPSA) is 70.2 Å². The number of amides is 2. The fourth-order valence-corrected chi connectivity index (χ4v) is 4.63. The van der Waals surface area contributed by atoms with E-state index in [9.17, 15) is 9.59 Å². The highest BCUT2D eigenvalue weighted by Gasteiger charge is 2.49. The van der Waals surface area contributed by atoms with Crippen LogP contribution in [0.1, 0.15) is 41.6 Å². The third-order valence-electron chi connectivity index (χ3n) is 6.36. The van der Waals surface area contributed by atoms with Gasteiger partial charge in [0.05, 0.1) is 5.41 Å². The summed E-state index contributed by atoms with van der Waals surface area (Å²) in [6, 6.07) is 14.8. The van der Waals surface area contributed by atoms with Crippen molar-refractivity contribution in [2.24, 2.45) is 11.3 Å². The van der Waals surface area contributed by atoms with Gasteiger partial charge in [0.2, 0.25) is 5.91 Å². The van der Waals surface area contributed by atoms with Crippen LogP contribution in [-0.4, -0.2) is 24.9 Å². The van der Waals surface area contributed by atoms with E-state index in [1.807, 2.05) is 43.3 Å². The van der Waals surface area contributed by atoms with Crippen molar-refractivity contribution in [1.29, 1.82) is 0 Å². The summed E-state index contributed by atoms with van der Waals surface area (Å²) in [6.07, 6.45) is 4.38. The predicted octanol–water partition coefficient (Wildman–Crippen LogP) is 4.39. The van der Waals surface area contributed by atoms with Crippen molar-refractivity contribution in [1.82, 2.24) is 5.32 Å². The Morgan fingerprint density at radius 2 is 1.72 bits per heavy atom. The molecule has 1 heterocycles. The summed E-state index contributed by atoms with van der Waals surface area (Å²) in [5.41, 5.74) is 2.66. The van der Waals surface area contributed by atoms with Crippen LogP contribution >= 0.6 is 12.4 Å². The zero-order valence-electron chi connectivity index (χ0n) is 16.7. The molecule has 2 amide bonds. The monoisotopic (exact) mass is 413 g/mol. The SMILES string of the molecule is Cc1c(NC(=O)c2ccccc2)cccc1NC(=O)[C@@]12CCCC[C@H]1CNC2.Cl. The second-order valence-corrected chi connectivity index (χ2v) is 7.98. The Hall–Kier alpha value is -2.37. The minimum Gasteiger partial charge on any atom is -0.325 e. The Labute approximate surface area is 178 Å². The van der Waals surface area contributed by atoms with Crippen LogP contribution in [0.5, 0.6) is 0 Å². The second kappa shape index (κ2) is 8.97. The normalized spacial score (nSPS) is 22.9. The van der Waals surface area contributed by atoms with E-state index in [-0.39, 0.29) is 29.6 Å². The maximum absolute atomic E-state index is 13.2. The second-order valence-electron chi connectivity index (χ2n) is 7.98. The molecule has 1 saturated heterocycles. The number of anilines is 2. The highest BCUT2D eigenvalue weighted by Crippen LogP contribution is 2.44. The lowest BCUT2D eigenvalue weighted by molar-refractivity contribution is -0.128. The largest absolute Gasteiger partial charge is 0.325 e. The molecule has 2 fully saturated rings. The maximum atomic E-state index is 13.2. The highest BCUT2D eigenvalue weighted by atomic mass is 35.5. The first-order chi connectivity index (χ1) is 13.6. The summed E-state index contributed by atoms with van der Waals surface area (Å²) < 4.78 is 0. The lowest BCUT2D eigenvalue weighted by atomic mass is 9.67. The molecule has 6 heteroatoms. The smallest absolute Gasteiger partial charge is 0.255 e. The van der Waals surface area contributed by atoms with Gasteiger partial charge in [-0.15, -0.1) is 12.4 Å². The fraction of sp³-hybridized carbons (Fsp3) is 0.391. The van der Waals surface area contributed by atoms with E-state index in [0.717, 1.165) is 43.6 Å². The van der Waals surface area contributed by atoms with Crippen LogP contribution < -0.4 is 16.0 Å². The fourth-order valence-electron chi connectivity index (χ4n) is 4.63. The summed E-state index contributed by atoms with van der Waals surface area (Å²) in [5, 5.41) is 9.55. The van der Waals surface area contributed by atoms with E-state index in [2.05, 4.69) is 16.0 Å². The lowest BCUT2D eigenvalue weighted by Crippen LogP contribution is -2.44. The van der Waals surface area contributed by atoms with Gasteiger partial charge in [0, 0.05) is 23.5 Å². The van der Waals surface area contributed by atoms with Crippen molar-refractivity contribution < 1.29 is 9.59 Å². The molecule has 0 aromatic heterocycles. The summed E-state index contributed by atoms with van der Waals surface area (Å²) in [6.45, 7) is 3.62. The molecule has 2 aromatic carbocycles. The summed E-state index contributed by atoms with van der Waals surface area (Å²) in [5.74, 6) is 0.373. The lowest BCUT2D eigenvalue weighted by Gasteiger charge is -2.37. The van der Waals surface area contributed by atoms with Crippen molar-refractivity contribution in [2.45, 2.75) is 32.6 Å². The zero-order valence-corrected chi connectivity index (χ0v) is 17.5. The zero-order chi connectivity index (χ0) is 19.6. The van der Waals surface area contributed by atoms with Crippen molar-refractivity contribution >= 4 is 35.6 Å². The van der Waals surface area contributed by atoms with E-state index in [1.165, 1.54) is 6.42 Å². The van der Waals surface area contributed by atoms with Gasteiger partial charge in [0.1, 0.15) is 0 Å². The first kappa shape index (κ1) is 21.3. The van der Waals surface area contributed by atoms with Crippen molar-refractivity contribution in [3.8, 4) is 0 Å². The summed E-state index contributed by atoms with van der Waals surface area (Å²) in [7, 11) is 0. The molecule has 1 saturated carbocycles. The molecule has 3 N–H and O–H groups in total. The van der Waals surface area contributed by atoms with Gasteiger partial charge in [0.15, 0.2) is 0 Å². The van der Waals surface area contributed by atoms with Crippen LogP contribution in [0.3, 0.4) is 0 Å². The molecule has 29 heavy (non-hydrogen) atoms. The molecule has 154 valence electrons. The molecule has 0 bridgehead atoms. The molecule has 5 nitrogen and oxygen atoms in total. The number of carbonyl (C=O) groups excluding carboxylic acids is 2. The van der Waals surface area contributed by atoms with E-state index in [1.54, 1.807) is 12.1 Å². The number of rotatable bonds is 4. The van der Waals surface area contributed by atoms with E-state index in [4.69, 9.17) is 0 Å². The molecule has 0 radical (unpaired) electrons. The van der Waals surface area contributed by atoms with Gasteiger partial charge >= 0.3 is 0 Å². The number of hydrogen-bond acceptors (Lipinski definition) is 3. The number of carbonyl (C=O) groups is 2. The van der Waals surface area contributed by atoms with E-state index < -0.39 is 0 Å². The Bertz CT molecular complexity index is 887. The standard InChI is InChI=1S/C23H27N3O2.ClH/c1-16-19(25-21(27)17-8-3-2-4-9-17)11-7-12-20(16)26-22(28)23-13-6-5-10-18(23)14-24-15-23;/h2-4,7-9,11-12,18,24H,5-6,10,13-15H2,1H3,(H,25,27)(H,26,28);1H/t18-,23+;/m0./s1. The summed E-state index contributed by atoms with van der Waals surface area (Å²) >= 11 is 0. The Kier molecular flexibility index (Phi) is 6.60. The Balaban J connectivity index is 0.00000240. The highest BCUT2D eigenvalue weighted by molar-refractivity contribution is 6.05. The van der Waals surface area contributed by atoms with Crippen LogP contribution in [0.15, 0.2) is 48.5 Å². The van der Waals surface area contributed by atoms with Crippen molar-refractivity contribution in [3.63, 3.8) is 0 Å². The average molecular weight is 414 g/mol.